The summed E-state index contributed by atoms with van der Waals surface area (Å²) < 4.78 is 5.29. The van der Waals surface area contributed by atoms with E-state index in [2.05, 4.69) is 5.32 Å². The summed E-state index contributed by atoms with van der Waals surface area (Å²) in [6.07, 6.45) is 2.09. The minimum atomic E-state index is -0.128. The van der Waals surface area contributed by atoms with Crippen LogP contribution in [0.5, 0.6) is 0 Å². The number of amides is 1. The van der Waals surface area contributed by atoms with Crippen molar-refractivity contribution in [2.24, 2.45) is 5.73 Å². The van der Waals surface area contributed by atoms with E-state index in [4.69, 9.17) is 10.2 Å². The lowest BCUT2D eigenvalue weighted by Crippen LogP contribution is -2.37. The smallest absolute Gasteiger partial charge is 0.287 e. The summed E-state index contributed by atoms with van der Waals surface area (Å²) in [7, 11) is 0. The van der Waals surface area contributed by atoms with Gasteiger partial charge >= 0.3 is 0 Å². The summed E-state index contributed by atoms with van der Waals surface area (Å²) in [4.78, 5) is 11.8. The van der Waals surface area contributed by atoms with Gasteiger partial charge in [-0.15, -0.1) is 0 Å². The van der Waals surface area contributed by atoms with E-state index in [-0.39, 0.29) is 5.91 Å². The number of hydrogen-bond donors (Lipinski definition) is 2. The first-order valence-electron chi connectivity index (χ1n) is 5.47. The maximum Gasteiger partial charge on any atom is 0.287 e. The fourth-order valence-corrected chi connectivity index (χ4v) is 2.81. The van der Waals surface area contributed by atoms with E-state index >= 15 is 0 Å². The second-order valence-electron chi connectivity index (χ2n) is 3.83. The topological polar surface area (TPSA) is 68.3 Å². The molecule has 0 radical (unpaired) electrons. The summed E-state index contributed by atoms with van der Waals surface area (Å²) >= 11 is 1.94. The third kappa shape index (κ3) is 2.80. The molecule has 4 nitrogen and oxygen atoms in total. The molecule has 0 aromatic carbocycles. The predicted octanol–water partition coefficient (Wildman–Crippen LogP) is 1.36. The highest BCUT2D eigenvalue weighted by molar-refractivity contribution is 7.99. The molecule has 16 heavy (non-hydrogen) atoms. The van der Waals surface area contributed by atoms with Crippen molar-refractivity contribution in [3.8, 4) is 0 Å². The van der Waals surface area contributed by atoms with Crippen molar-refractivity contribution in [3.05, 3.63) is 23.7 Å². The molecule has 1 aromatic heterocycles. The maximum absolute atomic E-state index is 11.8. The molecule has 3 N–H and O–H groups in total. The lowest BCUT2D eigenvalue weighted by atomic mass is 10.1. The van der Waals surface area contributed by atoms with Gasteiger partial charge in [0.05, 0.1) is 6.54 Å². The molecule has 1 aliphatic rings. The molecule has 0 saturated carbocycles. The molecule has 1 aromatic rings. The van der Waals surface area contributed by atoms with Crippen LogP contribution in [0.15, 0.2) is 16.5 Å². The highest BCUT2D eigenvalue weighted by Gasteiger charge is 2.18. The summed E-state index contributed by atoms with van der Waals surface area (Å²) in [5.41, 5.74) is 5.42. The van der Waals surface area contributed by atoms with Crippen molar-refractivity contribution < 1.29 is 9.21 Å². The summed E-state index contributed by atoms with van der Waals surface area (Å²) in [6, 6.07) is 3.71. The molecule has 2 heterocycles. The number of hydrogen-bond acceptors (Lipinski definition) is 4. The SMILES string of the molecule is NCc1ccc(C(=O)NC2CCSCC2)o1. The Morgan fingerprint density at radius 2 is 2.25 bits per heavy atom. The van der Waals surface area contributed by atoms with Gasteiger partial charge in [-0.1, -0.05) is 0 Å². The molecule has 88 valence electrons. The normalized spacial score (nSPS) is 17.3. The zero-order valence-corrected chi connectivity index (χ0v) is 9.89. The number of carbonyl (C=O) groups is 1. The van der Waals surface area contributed by atoms with Crippen molar-refractivity contribution in [2.75, 3.05) is 11.5 Å². The van der Waals surface area contributed by atoms with Crippen LogP contribution < -0.4 is 11.1 Å². The van der Waals surface area contributed by atoms with Gasteiger partial charge in [-0.05, 0) is 36.5 Å². The van der Waals surface area contributed by atoms with E-state index in [1.165, 1.54) is 0 Å². The van der Waals surface area contributed by atoms with E-state index < -0.39 is 0 Å². The first-order valence-corrected chi connectivity index (χ1v) is 6.62. The Morgan fingerprint density at radius 3 is 2.88 bits per heavy atom. The predicted molar refractivity (Wildman–Crippen MR) is 64.4 cm³/mol. The molecular formula is C11H16N2O2S. The minimum Gasteiger partial charge on any atom is -0.455 e. The Morgan fingerprint density at radius 1 is 1.50 bits per heavy atom. The van der Waals surface area contributed by atoms with Crippen LogP contribution in [-0.2, 0) is 6.54 Å². The molecule has 5 heteroatoms. The van der Waals surface area contributed by atoms with E-state index in [1.54, 1.807) is 12.1 Å². The van der Waals surface area contributed by atoms with Crippen molar-refractivity contribution in [2.45, 2.75) is 25.4 Å². The van der Waals surface area contributed by atoms with E-state index in [9.17, 15) is 4.79 Å². The van der Waals surface area contributed by atoms with Gasteiger partial charge < -0.3 is 15.5 Å². The lowest BCUT2D eigenvalue weighted by Gasteiger charge is -2.21. The van der Waals surface area contributed by atoms with Gasteiger partial charge in [-0.2, -0.15) is 11.8 Å². The van der Waals surface area contributed by atoms with E-state index in [0.717, 1.165) is 24.3 Å². The van der Waals surface area contributed by atoms with Crippen LogP contribution in [0.1, 0.15) is 29.2 Å². The van der Waals surface area contributed by atoms with Gasteiger partial charge in [0.15, 0.2) is 5.76 Å². The van der Waals surface area contributed by atoms with Crippen LogP contribution in [0.25, 0.3) is 0 Å². The fraction of sp³-hybridized carbons (Fsp3) is 0.545. The Kier molecular flexibility index (Phi) is 3.90. The van der Waals surface area contributed by atoms with Crippen LogP contribution in [-0.4, -0.2) is 23.5 Å². The average molecular weight is 240 g/mol. The number of nitrogens with two attached hydrogens (primary N) is 1. The zero-order chi connectivity index (χ0) is 11.4. The first-order chi connectivity index (χ1) is 7.79. The van der Waals surface area contributed by atoms with Gasteiger partial charge in [-0.3, -0.25) is 4.79 Å². The largest absolute Gasteiger partial charge is 0.455 e. The number of thioether (sulfide) groups is 1. The van der Waals surface area contributed by atoms with Crippen LogP contribution in [0.2, 0.25) is 0 Å². The van der Waals surface area contributed by atoms with E-state index in [1.807, 2.05) is 11.8 Å². The van der Waals surface area contributed by atoms with Crippen molar-refractivity contribution in [1.82, 2.24) is 5.32 Å². The molecule has 1 aliphatic heterocycles. The Hall–Kier alpha value is -0.940. The molecule has 0 bridgehead atoms. The maximum atomic E-state index is 11.8. The average Bonchev–Trinajstić information content (AvgIpc) is 2.79. The quantitative estimate of drug-likeness (QED) is 0.837. The standard InChI is InChI=1S/C11H16N2O2S/c12-7-9-1-2-10(15-9)11(14)13-8-3-5-16-6-4-8/h1-2,8H,3-7,12H2,(H,13,14). The third-order valence-corrected chi connectivity index (χ3v) is 3.69. The van der Waals surface area contributed by atoms with Crippen molar-refractivity contribution >= 4 is 17.7 Å². The molecule has 2 rings (SSSR count). The Bertz CT molecular complexity index is 359. The summed E-state index contributed by atoms with van der Waals surface area (Å²) in [6.45, 7) is 0.327. The zero-order valence-electron chi connectivity index (χ0n) is 9.07. The molecule has 0 spiro atoms. The van der Waals surface area contributed by atoms with Crippen LogP contribution >= 0.6 is 11.8 Å². The molecule has 0 aliphatic carbocycles. The van der Waals surface area contributed by atoms with Gasteiger partial charge in [0.2, 0.25) is 0 Å². The number of furan rings is 1. The van der Waals surface area contributed by atoms with Gasteiger partial charge in [0.1, 0.15) is 5.76 Å². The van der Waals surface area contributed by atoms with E-state index in [0.29, 0.717) is 24.1 Å². The number of nitrogens with one attached hydrogen (secondary N) is 1. The first kappa shape index (κ1) is 11.5. The molecular weight excluding hydrogens is 224 g/mol. The van der Waals surface area contributed by atoms with Crippen molar-refractivity contribution in [1.29, 1.82) is 0 Å². The second-order valence-corrected chi connectivity index (χ2v) is 5.05. The Balaban J connectivity index is 1.91. The number of rotatable bonds is 3. The monoisotopic (exact) mass is 240 g/mol. The summed E-state index contributed by atoms with van der Waals surface area (Å²) in [5, 5.41) is 2.99. The van der Waals surface area contributed by atoms with Crippen molar-refractivity contribution in [3.63, 3.8) is 0 Å². The Labute approximate surface area is 98.9 Å². The molecule has 0 atom stereocenters. The lowest BCUT2D eigenvalue weighted by molar-refractivity contribution is 0.0905. The number of carbonyl (C=O) groups excluding carboxylic acids is 1. The second kappa shape index (κ2) is 5.41. The van der Waals surface area contributed by atoms with Crippen LogP contribution in [0.3, 0.4) is 0 Å². The highest BCUT2D eigenvalue weighted by Crippen LogP contribution is 2.17. The van der Waals surface area contributed by atoms with Crippen LogP contribution in [0, 0.1) is 0 Å². The minimum absolute atomic E-state index is 0.128. The van der Waals surface area contributed by atoms with Gasteiger partial charge in [0, 0.05) is 6.04 Å². The highest BCUT2D eigenvalue weighted by atomic mass is 32.2. The molecule has 1 amide bonds. The molecule has 1 saturated heterocycles. The van der Waals surface area contributed by atoms with Gasteiger partial charge in [-0.25, -0.2) is 0 Å². The van der Waals surface area contributed by atoms with Gasteiger partial charge in [0.25, 0.3) is 5.91 Å². The summed E-state index contributed by atoms with van der Waals surface area (Å²) in [5.74, 6) is 3.12. The van der Waals surface area contributed by atoms with Crippen LogP contribution in [0.4, 0.5) is 0 Å². The fourth-order valence-electron chi connectivity index (χ4n) is 1.71. The third-order valence-electron chi connectivity index (χ3n) is 2.64. The molecule has 0 unspecified atom stereocenters. The molecule has 1 fully saturated rings.